The van der Waals surface area contributed by atoms with Gasteiger partial charge in [-0.05, 0) is 24.3 Å². The first-order chi connectivity index (χ1) is 7.97. The molecule has 0 atom stereocenters. The highest BCUT2D eigenvalue weighted by molar-refractivity contribution is 9.10. The molecule has 0 aliphatic heterocycles. The third-order valence-corrected chi connectivity index (χ3v) is 4.01. The number of sulfonamides is 1. The van der Waals surface area contributed by atoms with E-state index < -0.39 is 10.0 Å². The first kappa shape index (κ1) is 12.1. The van der Waals surface area contributed by atoms with E-state index in [2.05, 4.69) is 25.8 Å². The molecule has 1 aromatic heterocycles. The highest BCUT2D eigenvalue weighted by Crippen LogP contribution is 2.17. The molecule has 90 valence electrons. The Morgan fingerprint density at radius 1 is 1.29 bits per heavy atom. The fourth-order valence-electron chi connectivity index (χ4n) is 1.30. The minimum atomic E-state index is -3.54. The molecule has 0 aliphatic carbocycles. The maximum absolute atomic E-state index is 12.0. The zero-order valence-corrected chi connectivity index (χ0v) is 11.4. The van der Waals surface area contributed by atoms with Crippen molar-refractivity contribution in [3.05, 3.63) is 41.1 Å². The molecule has 5 nitrogen and oxygen atoms in total. The number of hydrogen-bond donors (Lipinski definition) is 1. The van der Waals surface area contributed by atoms with Gasteiger partial charge < -0.3 is 0 Å². The Kier molecular flexibility index (Phi) is 3.21. The van der Waals surface area contributed by atoms with Gasteiger partial charge in [0.05, 0.1) is 16.8 Å². The molecule has 2 rings (SSSR count). The van der Waals surface area contributed by atoms with Crippen molar-refractivity contribution in [1.29, 1.82) is 0 Å². The van der Waals surface area contributed by atoms with E-state index in [0.29, 0.717) is 5.69 Å². The lowest BCUT2D eigenvalue weighted by atomic mass is 10.4. The summed E-state index contributed by atoms with van der Waals surface area (Å²) in [5, 5.41) is 3.89. The molecule has 0 amide bonds. The lowest BCUT2D eigenvalue weighted by Crippen LogP contribution is -2.12. The van der Waals surface area contributed by atoms with Gasteiger partial charge in [-0.15, -0.1) is 0 Å². The van der Waals surface area contributed by atoms with Crippen LogP contribution in [0.4, 0.5) is 5.69 Å². The number of rotatable bonds is 3. The van der Waals surface area contributed by atoms with Crippen LogP contribution < -0.4 is 4.72 Å². The van der Waals surface area contributed by atoms with Crippen molar-refractivity contribution >= 4 is 31.6 Å². The fraction of sp³-hybridized carbons (Fsp3) is 0.100. The van der Waals surface area contributed by atoms with Gasteiger partial charge in [-0.1, -0.05) is 15.9 Å². The van der Waals surface area contributed by atoms with Gasteiger partial charge in [0.2, 0.25) is 0 Å². The molecule has 1 heterocycles. The largest absolute Gasteiger partial charge is 0.276 e. The Balaban J connectivity index is 2.28. The molecule has 0 spiro atoms. The topological polar surface area (TPSA) is 64.0 Å². The Morgan fingerprint density at radius 3 is 2.47 bits per heavy atom. The van der Waals surface area contributed by atoms with Crippen LogP contribution in [0.25, 0.3) is 0 Å². The first-order valence-corrected chi connectivity index (χ1v) is 7.02. The summed E-state index contributed by atoms with van der Waals surface area (Å²) >= 11 is 3.25. The number of nitrogens with zero attached hydrogens (tertiary/aromatic N) is 2. The van der Waals surface area contributed by atoms with Crippen molar-refractivity contribution < 1.29 is 8.42 Å². The smallest absolute Gasteiger partial charge is 0.261 e. The number of aryl methyl sites for hydroxylation is 1. The van der Waals surface area contributed by atoms with Crippen LogP contribution in [0, 0.1) is 0 Å². The van der Waals surface area contributed by atoms with Gasteiger partial charge >= 0.3 is 0 Å². The molecule has 0 bridgehead atoms. The summed E-state index contributed by atoms with van der Waals surface area (Å²) in [5.74, 6) is 0. The molecule has 17 heavy (non-hydrogen) atoms. The second-order valence-electron chi connectivity index (χ2n) is 3.46. The number of nitrogens with one attached hydrogen (secondary N) is 1. The van der Waals surface area contributed by atoms with E-state index in [4.69, 9.17) is 0 Å². The van der Waals surface area contributed by atoms with E-state index >= 15 is 0 Å². The van der Waals surface area contributed by atoms with E-state index in [1.807, 2.05) is 0 Å². The van der Waals surface area contributed by atoms with E-state index in [-0.39, 0.29) is 4.90 Å². The standard InChI is InChI=1S/C10H10BrN3O2S/c1-14-7-9(6-12-14)13-17(15,16)10-4-2-8(11)3-5-10/h2-7,13H,1H3. The van der Waals surface area contributed by atoms with Crippen molar-refractivity contribution in [3.8, 4) is 0 Å². The fourth-order valence-corrected chi connectivity index (χ4v) is 2.59. The van der Waals surface area contributed by atoms with Gasteiger partial charge in [-0.3, -0.25) is 9.40 Å². The molecule has 0 unspecified atom stereocenters. The minimum Gasteiger partial charge on any atom is -0.276 e. The molecule has 0 saturated heterocycles. The second-order valence-corrected chi connectivity index (χ2v) is 6.06. The van der Waals surface area contributed by atoms with Crippen LogP contribution in [-0.4, -0.2) is 18.2 Å². The highest BCUT2D eigenvalue weighted by atomic mass is 79.9. The van der Waals surface area contributed by atoms with E-state index in [1.54, 1.807) is 25.4 Å². The van der Waals surface area contributed by atoms with Gasteiger partial charge in [-0.2, -0.15) is 5.10 Å². The summed E-state index contributed by atoms with van der Waals surface area (Å²) < 4.78 is 28.7. The Hall–Kier alpha value is -1.34. The quantitative estimate of drug-likeness (QED) is 0.942. The average Bonchev–Trinajstić information content (AvgIpc) is 2.63. The van der Waals surface area contributed by atoms with Crippen molar-refractivity contribution in [2.24, 2.45) is 7.05 Å². The molecular weight excluding hydrogens is 306 g/mol. The zero-order valence-electron chi connectivity index (χ0n) is 8.96. The molecule has 1 N–H and O–H groups in total. The summed E-state index contributed by atoms with van der Waals surface area (Å²) in [6.45, 7) is 0. The van der Waals surface area contributed by atoms with Crippen molar-refractivity contribution in [3.63, 3.8) is 0 Å². The van der Waals surface area contributed by atoms with E-state index in [1.165, 1.54) is 23.0 Å². The molecule has 1 aromatic carbocycles. The molecule has 0 radical (unpaired) electrons. The Labute approximate surface area is 108 Å². The van der Waals surface area contributed by atoms with Crippen LogP contribution in [0.5, 0.6) is 0 Å². The molecular formula is C10H10BrN3O2S. The highest BCUT2D eigenvalue weighted by Gasteiger charge is 2.14. The van der Waals surface area contributed by atoms with Crippen LogP contribution in [-0.2, 0) is 17.1 Å². The molecule has 7 heteroatoms. The third kappa shape index (κ3) is 2.86. The van der Waals surface area contributed by atoms with Crippen LogP contribution in [0.2, 0.25) is 0 Å². The SMILES string of the molecule is Cn1cc(NS(=O)(=O)c2ccc(Br)cc2)cn1. The monoisotopic (exact) mass is 315 g/mol. The number of anilines is 1. The summed E-state index contributed by atoms with van der Waals surface area (Å²) in [7, 11) is -1.82. The maximum atomic E-state index is 12.0. The number of aromatic nitrogens is 2. The number of hydrogen-bond acceptors (Lipinski definition) is 3. The van der Waals surface area contributed by atoms with Crippen molar-refractivity contribution in [2.75, 3.05) is 4.72 Å². The zero-order chi connectivity index (χ0) is 12.5. The molecule has 0 aliphatic rings. The van der Waals surface area contributed by atoms with Crippen LogP contribution in [0.3, 0.4) is 0 Å². The molecule has 0 saturated carbocycles. The maximum Gasteiger partial charge on any atom is 0.261 e. The third-order valence-electron chi connectivity index (χ3n) is 2.08. The second kappa shape index (κ2) is 4.50. The van der Waals surface area contributed by atoms with Crippen LogP contribution >= 0.6 is 15.9 Å². The lowest BCUT2D eigenvalue weighted by molar-refractivity contribution is 0.601. The summed E-state index contributed by atoms with van der Waals surface area (Å²) in [6, 6.07) is 6.42. The summed E-state index contributed by atoms with van der Waals surface area (Å²) in [6.07, 6.45) is 3.05. The van der Waals surface area contributed by atoms with E-state index in [9.17, 15) is 8.42 Å². The van der Waals surface area contributed by atoms with Gasteiger partial charge in [0.1, 0.15) is 0 Å². The number of halogens is 1. The Morgan fingerprint density at radius 2 is 1.94 bits per heavy atom. The van der Waals surface area contributed by atoms with Crippen molar-refractivity contribution in [1.82, 2.24) is 9.78 Å². The minimum absolute atomic E-state index is 0.213. The normalized spacial score (nSPS) is 11.4. The summed E-state index contributed by atoms with van der Waals surface area (Å²) in [4.78, 5) is 0.213. The van der Waals surface area contributed by atoms with Gasteiger partial charge in [0, 0.05) is 17.7 Å². The number of benzene rings is 1. The van der Waals surface area contributed by atoms with Crippen LogP contribution in [0.1, 0.15) is 0 Å². The van der Waals surface area contributed by atoms with Gasteiger partial charge in [-0.25, -0.2) is 8.42 Å². The molecule has 2 aromatic rings. The van der Waals surface area contributed by atoms with Crippen molar-refractivity contribution in [2.45, 2.75) is 4.90 Å². The predicted octanol–water partition coefficient (Wildman–Crippen LogP) is 1.98. The summed E-state index contributed by atoms with van der Waals surface area (Å²) in [5.41, 5.74) is 0.440. The average molecular weight is 316 g/mol. The van der Waals surface area contributed by atoms with Gasteiger partial charge in [0.15, 0.2) is 0 Å². The Bertz CT molecular complexity index is 619. The van der Waals surface area contributed by atoms with Gasteiger partial charge in [0.25, 0.3) is 10.0 Å². The predicted molar refractivity (Wildman–Crippen MR) is 68.2 cm³/mol. The molecule has 0 fully saturated rings. The first-order valence-electron chi connectivity index (χ1n) is 4.74. The van der Waals surface area contributed by atoms with E-state index in [0.717, 1.165) is 4.47 Å². The lowest BCUT2D eigenvalue weighted by Gasteiger charge is -2.05. The van der Waals surface area contributed by atoms with Crippen LogP contribution in [0.15, 0.2) is 46.0 Å².